The number of hydrazine groups is 1. The van der Waals surface area contributed by atoms with E-state index < -0.39 is 0 Å². The summed E-state index contributed by atoms with van der Waals surface area (Å²) < 4.78 is 0. The number of nitrogens with one attached hydrogen (secondary N) is 1. The molecule has 4 heteroatoms. The molecular formula is C14H14N4. The number of rotatable bonds is 1. The number of benzene rings is 2. The number of guanidine groups is 1. The highest BCUT2D eigenvalue weighted by Gasteiger charge is 2.17. The van der Waals surface area contributed by atoms with Gasteiger partial charge < -0.3 is 5.73 Å². The van der Waals surface area contributed by atoms with Crippen molar-refractivity contribution in [3.8, 4) is 11.1 Å². The van der Waals surface area contributed by atoms with E-state index in [0.29, 0.717) is 0 Å². The smallest absolute Gasteiger partial charge is 0.208 e. The van der Waals surface area contributed by atoms with Crippen LogP contribution in [0.3, 0.4) is 0 Å². The Bertz CT molecular complexity index is 631. The normalized spacial score (nSPS) is 13.1. The highest BCUT2D eigenvalue weighted by Crippen LogP contribution is 2.37. The lowest BCUT2D eigenvalue weighted by Crippen LogP contribution is -2.36. The number of aliphatic imine (C=N–C) groups is 1. The molecule has 1 aliphatic rings. The Morgan fingerprint density at radius 2 is 1.83 bits per heavy atom. The van der Waals surface area contributed by atoms with Crippen molar-refractivity contribution >= 4 is 11.6 Å². The van der Waals surface area contributed by atoms with Crippen LogP contribution in [0.2, 0.25) is 0 Å². The van der Waals surface area contributed by atoms with E-state index in [1.54, 1.807) is 0 Å². The second-order valence-corrected chi connectivity index (χ2v) is 4.32. The third-order valence-corrected chi connectivity index (χ3v) is 3.17. The van der Waals surface area contributed by atoms with Crippen molar-refractivity contribution in [1.82, 2.24) is 5.43 Å². The molecule has 0 saturated heterocycles. The van der Waals surface area contributed by atoms with Crippen LogP contribution in [-0.2, 0) is 6.42 Å². The zero-order chi connectivity index (χ0) is 12.5. The van der Waals surface area contributed by atoms with Crippen molar-refractivity contribution in [2.75, 3.05) is 0 Å². The summed E-state index contributed by atoms with van der Waals surface area (Å²) in [6.45, 7) is 0. The van der Waals surface area contributed by atoms with Gasteiger partial charge in [0, 0.05) is 0 Å². The first kappa shape index (κ1) is 10.8. The third-order valence-electron chi connectivity index (χ3n) is 3.17. The van der Waals surface area contributed by atoms with Gasteiger partial charge in [0.05, 0.1) is 5.69 Å². The number of fused-ring (bicyclic) bond motifs is 3. The van der Waals surface area contributed by atoms with Crippen LogP contribution in [-0.4, -0.2) is 5.96 Å². The minimum Gasteiger partial charge on any atom is -0.369 e. The maximum Gasteiger partial charge on any atom is 0.208 e. The maximum absolute atomic E-state index is 5.55. The predicted molar refractivity (Wildman–Crippen MR) is 73.3 cm³/mol. The van der Waals surface area contributed by atoms with Gasteiger partial charge in [-0.1, -0.05) is 30.3 Å². The topological polar surface area (TPSA) is 76.4 Å². The van der Waals surface area contributed by atoms with Crippen molar-refractivity contribution < 1.29 is 0 Å². The van der Waals surface area contributed by atoms with Gasteiger partial charge in [0.25, 0.3) is 0 Å². The van der Waals surface area contributed by atoms with Gasteiger partial charge in [0.2, 0.25) is 5.96 Å². The van der Waals surface area contributed by atoms with Crippen LogP contribution in [0.5, 0.6) is 0 Å². The van der Waals surface area contributed by atoms with Crippen LogP contribution in [0, 0.1) is 0 Å². The van der Waals surface area contributed by atoms with E-state index in [-0.39, 0.29) is 5.96 Å². The molecule has 0 aliphatic heterocycles. The molecule has 0 unspecified atom stereocenters. The summed E-state index contributed by atoms with van der Waals surface area (Å²) in [6.07, 6.45) is 0.949. The molecular weight excluding hydrogens is 224 g/mol. The lowest BCUT2D eigenvalue weighted by Gasteiger charge is -2.03. The standard InChI is InChI=1S/C14H14N4/c15-14(18-16)17-11-5-6-13-10(8-11)7-9-3-1-2-4-12(9)13/h1-6,8H,7,16H2,(H3,15,17,18). The summed E-state index contributed by atoms with van der Waals surface area (Å²) in [6, 6.07) is 14.5. The van der Waals surface area contributed by atoms with Crippen molar-refractivity contribution in [3.63, 3.8) is 0 Å². The van der Waals surface area contributed by atoms with Gasteiger partial charge in [0.15, 0.2) is 0 Å². The van der Waals surface area contributed by atoms with Crippen LogP contribution in [0.1, 0.15) is 11.1 Å². The van der Waals surface area contributed by atoms with Crippen LogP contribution in [0.25, 0.3) is 11.1 Å². The van der Waals surface area contributed by atoms with Crippen molar-refractivity contribution in [3.05, 3.63) is 53.6 Å². The first-order valence-corrected chi connectivity index (χ1v) is 5.80. The third kappa shape index (κ3) is 1.72. The van der Waals surface area contributed by atoms with E-state index in [9.17, 15) is 0 Å². The first-order chi connectivity index (χ1) is 8.78. The van der Waals surface area contributed by atoms with Crippen LogP contribution in [0.4, 0.5) is 5.69 Å². The van der Waals surface area contributed by atoms with Gasteiger partial charge in [-0.15, -0.1) is 0 Å². The molecule has 0 radical (unpaired) electrons. The maximum atomic E-state index is 5.55. The van der Waals surface area contributed by atoms with E-state index in [2.05, 4.69) is 46.8 Å². The van der Waals surface area contributed by atoms with Gasteiger partial charge in [-0.2, -0.15) is 0 Å². The summed E-state index contributed by atoms with van der Waals surface area (Å²) in [7, 11) is 0. The highest BCUT2D eigenvalue weighted by molar-refractivity contribution is 5.82. The van der Waals surface area contributed by atoms with Crippen LogP contribution < -0.4 is 17.0 Å². The highest BCUT2D eigenvalue weighted by atomic mass is 15.3. The molecule has 18 heavy (non-hydrogen) atoms. The van der Waals surface area contributed by atoms with E-state index >= 15 is 0 Å². The summed E-state index contributed by atoms with van der Waals surface area (Å²) in [5.74, 6) is 5.41. The van der Waals surface area contributed by atoms with Crippen molar-refractivity contribution in [1.29, 1.82) is 0 Å². The molecule has 0 saturated carbocycles. The molecule has 2 aromatic carbocycles. The van der Waals surface area contributed by atoms with E-state index in [0.717, 1.165) is 12.1 Å². The Labute approximate surface area is 105 Å². The fourth-order valence-electron chi connectivity index (χ4n) is 2.37. The Morgan fingerprint density at radius 1 is 1.06 bits per heavy atom. The average molecular weight is 238 g/mol. The molecule has 0 heterocycles. The quantitative estimate of drug-likeness (QED) is 0.261. The monoisotopic (exact) mass is 238 g/mol. The summed E-state index contributed by atoms with van der Waals surface area (Å²) in [5, 5.41) is 0. The Hall–Kier alpha value is -2.33. The fourth-order valence-corrected chi connectivity index (χ4v) is 2.37. The molecule has 0 spiro atoms. The summed E-state index contributed by atoms with van der Waals surface area (Å²) in [4.78, 5) is 4.18. The number of hydrogen-bond acceptors (Lipinski definition) is 2. The average Bonchev–Trinajstić information content (AvgIpc) is 2.76. The predicted octanol–water partition coefficient (Wildman–Crippen LogP) is 1.67. The zero-order valence-electron chi connectivity index (χ0n) is 9.85. The molecule has 5 N–H and O–H groups in total. The Kier molecular flexibility index (Phi) is 2.50. The lowest BCUT2D eigenvalue weighted by atomic mass is 10.1. The van der Waals surface area contributed by atoms with Crippen molar-refractivity contribution in [2.24, 2.45) is 16.6 Å². The molecule has 3 rings (SSSR count). The molecule has 90 valence electrons. The number of nitrogens with two attached hydrogens (primary N) is 2. The molecule has 4 nitrogen and oxygen atoms in total. The van der Waals surface area contributed by atoms with Gasteiger partial charge in [0.1, 0.15) is 0 Å². The first-order valence-electron chi connectivity index (χ1n) is 5.80. The van der Waals surface area contributed by atoms with Gasteiger partial charge >= 0.3 is 0 Å². The number of hydrogen-bond donors (Lipinski definition) is 3. The van der Waals surface area contributed by atoms with Crippen LogP contribution in [0.15, 0.2) is 47.5 Å². The van der Waals surface area contributed by atoms with Gasteiger partial charge in [-0.05, 0) is 40.8 Å². The van der Waals surface area contributed by atoms with Gasteiger partial charge in [-0.25, -0.2) is 10.8 Å². The van der Waals surface area contributed by atoms with Crippen LogP contribution >= 0.6 is 0 Å². The largest absolute Gasteiger partial charge is 0.369 e. The molecule has 0 aromatic heterocycles. The second-order valence-electron chi connectivity index (χ2n) is 4.32. The minimum absolute atomic E-state index is 0.213. The lowest BCUT2D eigenvalue weighted by molar-refractivity contribution is 1.01. The SMILES string of the molecule is NNC(N)=Nc1ccc2c(c1)Cc1ccccc1-2. The molecule has 0 atom stereocenters. The molecule has 2 aromatic rings. The number of nitrogens with zero attached hydrogens (tertiary/aromatic N) is 1. The van der Waals surface area contributed by atoms with Crippen molar-refractivity contribution in [2.45, 2.75) is 6.42 Å². The Balaban J connectivity index is 2.03. The molecule has 0 bridgehead atoms. The van der Waals surface area contributed by atoms with E-state index in [1.807, 2.05) is 6.07 Å². The Morgan fingerprint density at radius 3 is 2.67 bits per heavy atom. The summed E-state index contributed by atoms with van der Waals surface area (Å²) in [5.41, 5.74) is 13.9. The minimum atomic E-state index is 0.213. The second kappa shape index (κ2) is 4.16. The van der Waals surface area contributed by atoms with Gasteiger partial charge in [-0.3, -0.25) is 5.43 Å². The van der Waals surface area contributed by atoms with E-state index in [1.165, 1.54) is 22.3 Å². The fraction of sp³-hybridized carbons (Fsp3) is 0.0714. The van der Waals surface area contributed by atoms with E-state index in [4.69, 9.17) is 11.6 Å². The summed E-state index contributed by atoms with van der Waals surface area (Å²) >= 11 is 0. The molecule has 1 aliphatic carbocycles. The molecule has 0 amide bonds. The molecule has 0 fully saturated rings. The zero-order valence-corrected chi connectivity index (χ0v) is 9.85.